The number of piperazine rings is 1. The van der Waals surface area contributed by atoms with Crippen molar-refractivity contribution in [2.45, 2.75) is 24.9 Å². The zero-order chi connectivity index (χ0) is 12.4. The average molecular weight is 246 g/mol. The van der Waals surface area contributed by atoms with Crippen molar-refractivity contribution in [1.29, 1.82) is 0 Å². The topological polar surface area (TPSA) is 24.5 Å². The lowest BCUT2D eigenvalue weighted by atomic mass is 9.95. The first kappa shape index (κ1) is 12.2. The average Bonchev–Trinajstić information content (AvgIpc) is 2.88. The van der Waals surface area contributed by atoms with Crippen LogP contribution in [-0.4, -0.2) is 43.3 Å². The van der Waals surface area contributed by atoms with E-state index in [9.17, 15) is 0 Å². The predicted octanol–water partition coefficient (Wildman–Crippen LogP) is 1.81. The molecule has 0 aliphatic carbocycles. The molecule has 1 aromatic rings. The van der Waals surface area contributed by atoms with Crippen LogP contribution in [0.3, 0.4) is 0 Å². The molecule has 2 unspecified atom stereocenters. The first-order chi connectivity index (χ1) is 8.78. The second kappa shape index (κ2) is 5.00. The third-order valence-electron chi connectivity index (χ3n) is 4.34. The normalized spacial score (nSPS) is 33.7. The quantitative estimate of drug-likeness (QED) is 0.861. The van der Waals surface area contributed by atoms with Gasteiger partial charge in [0.1, 0.15) is 0 Å². The van der Waals surface area contributed by atoms with E-state index in [1.807, 2.05) is 0 Å². The molecular weight excluding hydrogens is 224 g/mol. The molecule has 3 nitrogen and oxygen atoms in total. The molecule has 2 fully saturated rings. The van der Waals surface area contributed by atoms with E-state index < -0.39 is 0 Å². The summed E-state index contributed by atoms with van der Waals surface area (Å²) in [5.74, 6) is 0. The van der Waals surface area contributed by atoms with E-state index in [-0.39, 0.29) is 5.54 Å². The second-order valence-electron chi connectivity index (χ2n) is 5.66. The number of benzene rings is 1. The number of ether oxygens (including phenoxy) is 1. The Hall–Kier alpha value is -0.900. The molecule has 18 heavy (non-hydrogen) atoms. The Kier molecular flexibility index (Phi) is 3.37. The van der Waals surface area contributed by atoms with Crippen LogP contribution in [0.4, 0.5) is 0 Å². The third kappa shape index (κ3) is 2.30. The minimum atomic E-state index is 0.245. The van der Waals surface area contributed by atoms with Crippen LogP contribution in [0, 0.1) is 0 Å². The van der Waals surface area contributed by atoms with E-state index in [1.54, 1.807) is 0 Å². The van der Waals surface area contributed by atoms with Gasteiger partial charge < -0.3 is 10.1 Å². The first-order valence-electron chi connectivity index (χ1n) is 6.89. The molecule has 98 valence electrons. The Balaban J connectivity index is 1.72. The van der Waals surface area contributed by atoms with Gasteiger partial charge >= 0.3 is 0 Å². The summed E-state index contributed by atoms with van der Waals surface area (Å²) in [4.78, 5) is 2.61. The largest absolute Gasteiger partial charge is 0.379 e. The highest BCUT2D eigenvalue weighted by Crippen LogP contribution is 2.29. The molecule has 3 heteroatoms. The maximum atomic E-state index is 5.59. The lowest BCUT2D eigenvalue weighted by molar-refractivity contribution is 0.0541. The van der Waals surface area contributed by atoms with E-state index in [0.717, 1.165) is 39.3 Å². The van der Waals surface area contributed by atoms with E-state index in [2.05, 4.69) is 47.5 Å². The van der Waals surface area contributed by atoms with Crippen LogP contribution in [0.15, 0.2) is 30.3 Å². The lowest BCUT2D eigenvalue weighted by Gasteiger charge is -2.43. The van der Waals surface area contributed by atoms with Gasteiger partial charge in [0.2, 0.25) is 0 Å². The highest BCUT2D eigenvalue weighted by atomic mass is 16.5. The van der Waals surface area contributed by atoms with Crippen LogP contribution in [0.2, 0.25) is 0 Å². The van der Waals surface area contributed by atoms with Gasteiger partial charge in [-0.05, 0) is 18.9 Å². The fourth-order valence-corrected chi connectivity index (χ4v) is 3.05. The Bertz CT molecular complexity index is 387. The zero-order valence-corrected chi connectivity index (χ0v) is 11.1. The van der Waals surface area contributed by atoms with Gasteiger partial charge in [0.25, 0.3) is 0 Å². The standard InChI is InChI=1S/C15H22N2O/c1-15(7-10-18-12-15)17-9-8-16-14(11-17)13-5-3-2-4-6-13/h2-6,14,16H,7-12H2,1H3. The number of hydrogen-bond acceptors (Lipinski definition) is 3. The van der Waals surface area contributed by atoms with E-state index in [1.165, 1.54) is 5.56 Å². The van der Waals surface area contributed by atoms with Gasteiger partial charge in [-0.3, -0.25) is 4.90 Å². The minimum Gasteiger partial charge on any atom is -0.379 e. The minimum absolute atomic E-state index is 0.245. The molecule has 1 aromatic carbocycles. The summed E-state index contributed by atoms with van der Waals surface area (Å²) in [7, 11) is 0. The van der Waals surface area contributed by atoms with Gasteiger partial charge in [-0.2, -0.15) is 0 Å². The Morgan fingerprint density at radius 3 is 2.89 bits per heavy atom. The Morgan fingerprint density at radius 2 is 2.17 bits per heavy atom. The van der Waals surface area contributed by atoms with Gasteiger partial charge in [0.15, 0.2) is 0 Å². The molecule has 0 amide bonds. The summed E-state index contributed by atoms with van der Waals surface area (Å²) in [6.45, 7) is 7.42. The molecule has 2 heterocycles. The second-order valence-corrected chi connectivity index (χ2v) is 5.66. The Morgan fingerprint density at radius 1 is 1.33 bits per heavy atom. The molecule has 2 aliphatic rings. The third-order valence-corrected chi connectivity index (χ3v) is 4.34. The number of nitrogens with one attached hydrogen (secondary N) is 1. The van der Waals surface area contributed by atoms with Crippen molar-refractivity contribution in [3.8, 4) is 0 Å². The Labute approximate surface area is 109 Å². The summed E-state index contributed by atoms with van der Waals surface area (Å²) in [6, 6.07) is 11.2. The smallest absolute Gasteiger partial charge is 0.0648 e. The van der Waals surface area contributed by atoms with Crippen molar-refractivity contribution >= 4 is 0 Å². The molecule has 0 spiro atoms. The maximum Gasteiger partial charge on any atom is 0.0648 e. The van der Waals surface area contributed by atoms with Gasteiger partial charge in [-0.1, -0.05) is 30.3 Å². The highest BCUT2D eigenvalue weighted by molar-refractivity contribution is 5.20. The fourth-order valence-electron chi connectivity index (χ4n) is 3.05. The molecule has 1 N–H and O–H groups in total. The van der Waals surface area contributed by atoms with Gasteiger partial charge in [-0.15, -0.1) is 0 Å². The zero-order valence-electron chi connectivity index (χ0n) is 11.1. The number of hydrogen-bond donors (Lipinski definition) is 1. The summed E-state index contributed by atoms with van der Waals surface area (Å²) >= 11 is 0. The molecule has 0 saturated carbocycles. The van der Waals surface area contributed by atoms with Crippen molar-refractivity contribution in [2.24, 2.45) is 0 Å². The van der Waals surface area contributed by atoms with Gasteiger partial charge in [0, 0.05) is 37.8 Å². The summed E-state index contributed by atoms with van der Waals surface area (Å²) < 4.78 is 5.59. The first-order valence-corrected chi connectivity index (χ1v) is 6.89. The monoisotopic (exact) mass is 246 g/mol. The molecular formula is C15H22N2O. The summed E-state index contributed by atoms with van der Waals surface area (Å²) in [5, 5.41) is 3.62. The van der Waals surface area contributed by atoms with Crippen molar-refractivity contribution < 1.29 is 4.74 Å². The van der Waals surface area contributed by atoms with E-state index >= 15 is 0 Å². The van der Waals surface area contributed by atoms with Crippen molar-refractivity contribution in [3.05, 3.63) is 35.9 Å². The van der Waals surface area contributed by atoms with Crippen LogP contribution in [0.1, 0.15) is 24.9 Å². The fraction of sp³-hybridized carbons (Fsp3) is 0.600. The SMILES string of the molecule is CC1(N2CCNC(c3ccccc3)C2)CCOC1. The molecule has 2 atom stereocenters. The maximum absolute atomic E-state index is 5.59. The van der Waals surface area contributed by atoms with Crippen LogP contribution in [-0.2, 0) is 4.74 Å². The predicted molar refractivity (Wildman–Crippen MR) is 72.6 cm³/mol. The van der Waals surface area contributed by atoms with Crippen molar-refractivity contribution in [3.63, 3.8) is 0 Å². The van der Waals surface area contributed by atoms with E-state index in [4.69, 9.17) is 4.74 Å². The van der Waals surface area contributed by atoms with Crippen LogP contribution in [0.5, 0.6) is 0 Å². The summed E-state index contributed by atoms with van der Waals surface area (Å²) in [5.41, 5.74) is 1.64. The van der Waals surface area contributed by atoms with Gasteiger partial charge in [-0.25, -0.2) is 0 Å². The van der Waals surface area contributed by atoms with Crippen LogP contribution >= 0.6 is 0 Å². The molecule has 2 aliphatic heterocycles. The summed E-state index contributed by atoms with van der Waals surface area (Å²) in [6.07, 6.45) is 1.16. The molecule has 3 rings (SSSR count). The molecule has 2 saturated heterocycles. The lowest BCUT2D eigenvalue weighted by Crippen LogP contribution is -2.56. The molecule has 0 radical (unpaired) electrons. The highest BCUT2D eigenvalue weighted by Gasteiger charge is 2.38. The van der Waals surface area contributed by atoms with Crippen molar-refractivity contribution in [1.82, 2.24) is 10.2 Å². The van der Waals surface area contributed by atoms with Crippen LogP contribution < -0.4 is 5.32 Å². The van der Waals surface area contributed by atoms with Crippen molar-refractivity contribution in [2.75, 3.05) is 32.8 Å². The van der Waals surface area contributed by atoms with Crippen LogP contribution in [0.25, 0.3) is 0 Å². The number of nitrogens with zero attached hydrogens (tertiary/aromatic N) is 1. The van der Waals surface area contributed by atoms with E-state index in [0.29, 0.717) is 6.04 Å². The molecule has 0 bridgehead atoms. The molecule has 0 aromatic heterocycles. The van der Waals surface area contributed by atoms with Gasteiger partial charge in [0.05, 0.1) is 6.61 Å². The number of rotatable bonds is 2.